The summed E-state index contributed by atoms with van der Waals surface area (Å²) in [5.41, 5.74) is 0. The second kappa shape index (κ2) is 7.39. The normalized spacial score (nSPS) is 12.6. The van der Waals surface area contributed by atoms with Crippen LogP contribution in [0.4, 0.5) is 0 Å². The highest BCUT2D eigenvalue weighted by atomic mass is 79.9. The Morgan fingerprint density at radius 2 is 2.16 bits per heavy atom. The minimum atomic E-state index is 0.163. The number of benzene rings is 1. The van der Waals surface area contributed by atoms with E-state index < -0.39 is 0 Å². The summed E-state index contributed by atoms with van der Waals surface area (Å²) in [6, 6.07) is 9.97. The summed E-state index contributed by atoms with van der Waals surface area (Å²) in [5, 5.41) is 4.22. The third kappa shape index (κ3) is 4.02. The van der Waals surface area contributed by atoms with E-state index in [1.54, 1.807) is 18.0 Å². The molecular weight excluding hydrogens is 346 g/mol. The SMILES string of the molecule is CCNC(CSc1ccccc1Cl)c1occc1Br. The predicted molar refractivity (Wildman–Crippen MR) is 85.0 cm³/mol. The van der Waals surface area contributed by atoms with Crippen molar-refractivity contribution in [2.24, 2.45) is 0 Å². The van der Waals surface area contributed by atoms with Crippen LogP contribution < -0.4 is 5.32 Å². The van der Waals surface area contributed by atoms with Gasteiger partial charge in [-0.2, -0.15) is 0 Å². The molecule has 0 spiro atoms. The van der Waals surface area contributed by atoms with Crippen LogP contribution in [-0.4, -0.2) is 12.3 Å². The Morgan fingerprint density at radius 1 is 1.37 bits per heavy atom. The molecule has 2 rings (SSSR count). The zero-order valence-corrected chi connectivity index (χ0v) is 13.7. The maximum absolute atomic E-state index is 6.17. The molecule has 0 aliphatic heterocycles. The van der Waals surface area contributed by atoms with Gasteiger partial charge in [0.1, 0.15) is 5.76 Å². The fourth-order valence-electron chi connectivity index (χ4n) is 1.76. The first-order valence-electron chi connectivity index (χ1n) is 6.06. The van der Waals surface area contributed by atoms with Gasteiger partial charge in [0.05, 0.1) is 21.8 Å². The van der Waals surface area contributed by atoms with Crippen molar-refractivity contribution in [3.8, 4) is 0 Å². The Morgan fingerprint density at radius 3 is 2.79 bits per heavy atom. The van der Waals surface area contributed by atoms with Gasteiger partial charge in [-0.15, -0.1) is 11.8 Å². The van der Waals surface area contributed by atoms with Gasteiger partial charge in [0.2, 0.25) is 0 Å². The lowest BCUT2D eigenvalue weighted by Crippen LogP contribution is -2.22. The van der Waals surface area contributed by atoms with E-state index in [9.17, 15) is 0 Å². The van der Waals surface area contributed by atoms with Crippen molar-refractivity contribution in [1.29, 1.82) is 0 Å². The number of furan rings is 1. The summed E-state index contributed by atoms with van der Waals surface area (Å²) in [6.07, 6.45) is 1.70. The highest BCUT2D eigenvalue weighted by molar-refractivity contribution is 9.10. The molecule has 0 saturated carbocycles. The van der Waals surface area contributed by atoms with Crippen LogP contribution in [0.2, 0.25) is 5.02 Å². The van der Waals surface area contributed by atoms with Crippen molar-refractivity contribution in [2.45, 2.75) is 17.9 Å². The highest BCUT2D eigenvalue weighted by Gasteiger charge is 2.17. The van der Waals surface area contributed by atoms with Gasteiger partial charge < -0.3 is 9.73 Å². The van der Waals surface area contributed by atoms with E-state index >= 15 is 0 Å². The molecule has 102 valence electrons. The van der Waals surface area contributed by atoms with E-state index in [0.29, 0.717) is 0 Å². The summed E-state index contributed by atoms with van der Waals surface area (Å²) in [5.74, 6) is 1.80. The fraction of sp³-hybridized carbons (Fsp3) is 0.286. The molecule has 1 heterocycles. The van der Waals surface area contributed by atoms with E-state index in [1.807, 2.05) is 30.3 Å². The van der Waals surface area contributed by atoms with E-state index in [2.05, 4.69) is 28.2 Å². The van der Waals surface area contributed by atoms with Crippen molar-refractivity contribution in [3.63, 3.8) is 0 Å². The molecule has 0 aliphatic rings. The number of thioether (sulfide) groups is 1. The Kier molecular flexibility index (Phi) is 5.82. The van der Waals surface area contributed by atoms with Crippen LogP contribution in [0, 0.1) is 0 Å². The lowest BCUT2D eigenvalue weighted by Gasteiger charge is -2.16. The van der Waals surface area contributed by atoms with Gasteiger partial charge in [0.25, 0.3) is 0 Å². The molecule has 0 saturated heterocycles. The Labute approximate surface area is 131 Å². The van der Waals surface area contributed by atoms with E-state index in [0.717, 1.165) is 32.4 Å². The van der Waals surface area contributed by atoms with Gasteiger partial charge in [0, 0.05) is 10.6 Å². The molecule has 19 heavy (non-hydrogen) atoms. The average molecular weight is 361 g/mol. The minimum absolute atomic E-state index is 0.163. The summed E-state index contributed by atoms with van der Waals surface area (Å²) in [4.78, 5) is 1.09. The largest absolute Gasteiger partial charge is 0.466 e. The molecule has 1 atom stereocenters. The molecule has 0 fully saturated rings. The van der Waals surface area contributed by atoms with Gasteiger partial charge >= 0.3 is 0 Å². The third-order valence-electron chi connectivity index (χ3n) is 2.65. The standard InChI is InChI=1S/C14H15BrClNOS/c1-2-17-12(14-10(15)7-8-18-14)9-19-13-6-4-3-5-11(13)16/h3-8,12,17H,2,9H2,1H3. The summed E-state index contributed by atoms with van der Waals surface area (Å²) >= 11 is 11.4. The van der Waals surface area contributed by atoms with Crippen LogP contribution in [0.25, 0.3) is 0 Å². The van der Waals surface area contributed by atoms with Crippen LogP contribution >= 0.6 is 39.3 Å². The summed E-state index contributed by atoms with van der Waals surface area (Å²) in [6.45, 7) is 2.98. The predicted octanol–water partition coefficient (Wildman–Crippen LogP) is 5.14. The van der Waals surface area contributed by atoms with Crippen molar-refractivity contribution in [2.75, 3.05) is 12.3 Å². The second-order valence-corrected chi connectivity index (χ2v) is 6.31. The maximum atomic E-state index is 6.17. The molecule has 0 amide bonds. The first-order valence-corrected chi connectivity index (χ1v) is 8.21. The van der Waals surface area contributed by atoms with Crippen LogP contribution in [0.5, 0.6) is 0 Å². The fourth-order valence-corrected chi connectivity index (χ4v) is 3.54. The topological polar surface area (TPSA) is 25.2 Å². The molecule has 2 aromatic rings. The zero-order valence-electron chi connectivity index (χ0n) is 10.5. The smallest absolute Gasteiger partial charge is 0.135 e. The van der Waals surface area contributed by atoms with Crippen LogP contribution in [0.15, 0.2) is 50.4 Å². The Bertz CT molecular complexity index is 532. The second-order valence-electron chi connectivity index (χ2n) is 3.98. The van der Waals surface area contributed by atoms with Gasteiger partial charge in [0.15, 0.2) is 0 Å². The van der Waals surface area contributed by atoms with E-state index in [-0.39, 0.29) is 6.04 Å². The molecule has 0 bridgehead atoms. The quantitative estimate of drug-likeness (QED) is 0.722. The maximum Gasteiger partial charge on any atom is 0.135 e. The molecule has 1 N–H and O–H groups in total. The highest BCUT2D eigenvalue weighted by Crippen LogP contribution is 2.32. The van der Waals surface area contributed by atoms with Gasteiger partial charge in [-0.3, -0.25) is 0 Å². The lowest BCUT2D eigenvalue weighted by atomic mass is 10.2. The number of hydrogen-bond acceptors (Lipinski definition) is 3. The van der Waals surface area contributed by atoms with Gasteiger partial charge in [-0.1, -0.05) is 30.7 Å². The van der Waals surface area contributed by atoms with Crippen LogP contribution in [0.3, 0.4) is 0 Å². The van der Waals surface area contributed by atoms with Crippen molar-refractivity contribution >= 4 is 39.3 Å². The molecule has 5 heteroatoms. The Hall–Kier alpha value is -0.420. The molecule has 1 unspecified atom stereocenters. The van der Waals surface area contributed by atoms with Crippen LogP contribution in [0.1, 0.15) is 18.7 Å². The molecule has 1 aromatic carbocycles. The Balaban J connectivity index is 2.06. The summed E-state index contributed by atoms with van der Waals surface area (Å²) in [7, 11) is 0. The molecular formula is C14H15BrClNOS. The average Bonchev–Trinajstić information content (AvgIpc) is 2.82. The molecule has 2 nitrogen and oxygen atoms in total. The van der Waals surface area contributed by atoms with Crippen molar-refractivity contribution in [3.05, 3.63) is 51.9 Å². The first kappa shape index (κ1) is 15.0. The van der Waals surface area contributed by atoms with Crippen molar-refractivity contribution in [1.82, 2.24) is 5.32 Å². The minimum Gasteiger partial charge on any atom is -0.466 e. The van der Waals surface area contributed by atoms with E-state index in [1.165, 1.54) is 0 Å². The van der Waals surface area contributed by atoms with Crippen molar-refractivity contribution < 1.29 is 4.42 Å². The monoisotopic (exact) mass is 359 g/mol. The van der Waals surface area contributed by atoms with Gasteiger partial charge in [-0.05, 0) is 40.7 Å². The van der Waals surface area contributed by atoms with Crippen LogP contribution in [-0.2, 0) is 0 Å². The zero-order chi connectivity index (χ0) is 13.7. The third-order valence-corrected chi connectivity index (χ3v) is 4.92. The number of hydrogen-bond donors (Lipinski definition) is 1. The van der Waals surface area contributed by atoms with E-state index in [4.69, 9.17) is 16.0 Å². The number of rotatable bonds is 6. The molecule has 0 radical (unpaired) electrons. The molecule has 0 aliphatic carbocycles. The molecule has 1 aromatic heterocycles. The first-order chi connectivity index (χ1) is 9.22. The lowest BCUT2D eigenvalue weighted by molar-refractivity contribution is 0.438. The number of nitrogens with one attached hydrogen (secondary N) is 1. The number of halogens is 2. The summed E-state index contributed by atoms with van der Waals surface area (Å²) < 4.78 is 6.54. The van der Waals surface area contributed by atoms with Gasteiger partial charge in [-0.25, -0.2) is 0 Å².